The largest absolute Gasteiger partial charge is 0.422 e. The molecule has 0 aliphatic rings. The Bertz CT molecular complexity index is 1310. The van der Waals surface area contributed by atoms with Crippen LogP contribution in [0.1, 0.15) is 0 Å². The molecule has 0 unspecified atom stereocenters. The summed E-state index contributed by atoms with van der Waals surface area (Å²) in [5.74, 6) is 0. The van der Waals surface area contributed by atoms with E-state index in [1.54, 1.807) is 12.3 Å². The van der Waals surface area contributed by atoms with Gasteiger partial charge in [-0.25, -0.2) is 14.8 Å². The van der Waals surface area contributed by atoms with E-state index in [4.69, 9.17) is 4.42 Å². The molecule has 4 heteroatoms. The van der Waals surface area contributed by atoms with E-state index >= 15 is 0 Å². The predicted octanol–water partition coefficient (Wildman–Crippen LogP) is 4.56. The van der Waals surface area contributed by atoms with Crippen molar-refractivity contribution in [1.29, 1.82) is 0 Å². The highest BCUT2D eigenvalue weighted by Crippen LogP contribution is 2.34. The van der Waals surface area contributed by atoms with Crippen LogP contribution in [0.5, 0.6) is 0 Å². The van der Waals surface area contributed by atoms with Gasteiger partial charge in [0.15, 0.2) is 5.65 Å². The molecule has 0 N–H and O–H groups in total. The van der Waals surface area contributed by atoms with E-state index in [-0.39, 0.29) is 5.63 Å². The van der Waals surface area contributed by atoms with Crippen LogP contribution in [0, 0.1) is 0 Å². The fraction of sp³-hybridized carbons (Fsp3) is 0. The Morgan fingerprint density at radius 1 is 0.800 bits per heavy atom. The summed E-state index contributed by atoms with van der Waals surface area (Å²) in [4.78, 5) is 21.9. The van der Waals surface area contributed by atoms with Crippen LogP contribution in [0.15, 0.2) is 82.1 Å². The van der Waals surface area contributed by atoms with Gasteiger partial charge in [0.05, 0.1) is 10.9 Å². The molecule has 0 saturated carbocycles. The zero-order valence-electron chi connectivity index (χ0n) is 13.1. The van der Waals surface area contributed by atoms with Gasteiger partial charge in [-0.15, -0.1) is 0 Å². The Labute approximate surface area is 142 Å². The smallest absolute Gasteiger partial charge is 0.346 e. The summed E-state index contributed by atoms with van der Waals surface area (Å²) in [5, 5.41) is 2.14. The van der Waals surface area contributed by atoms with E-state index in [9.17, 15) is 4.79 Å². The summed E-state index contributed by atoms with van der Waals surface area (Å²) in [6.45, 7) is 0. The van der Waals surface area contributed by atoms with Gasteiger partial charge < -0.3 is 4.42 Å². The molecular weight excluding hydrogens is 312 g/mol. The summed E-state index contributed by atoms with van der Waals surface area (Å²) in [6, 6.07) is 21.1. The molecular formula is C21H12N2O2. The van der Waals surface area contributed by atoms with Crippen molar-refractivity contribution < 1.29 is 4.42 Å². The molecule has 0 bridgehead atoms. The number of aromatic nitrogens is 2. The van der Waals surface area contributed by atoms with Crippen molar-refractivity contribution >= 4 is 32.9 Å². The average Bonchev–Trinajstić information content (AvgIpc) is 2.67. The minimum Gasteiger partial charge on any atom is -0.422 e. The number of hydrogen-bond donors (Lipinski definition) is 0. The number of para-hydroxylation sites is 1. The molecule has 3 aromatic heterocycles. The second-order valence-corrected chi connectivity index (χ2v) is 5.84. The Morgan fingerprint density at radius 3 is 2.44 bits per heavy atom. The minimum atomic E-state index is -0.384. The van der Waals surface area contributed by atoms with E-state index in [1.165, 1.54) is 0 Å². The summed E-state index contributed by atoms with van der Waals surface area (Å²) in [5.41, 5.74) is 3.14. The quantitative estimate of drug-likeness (QED) is 0.258. The zero-order valence-corrected chi connectivity index (χ0v) is 13.1. The fourth-order valence-electron chi connectivity index (χ4n) is 3.30. The molecule has 0 aliphatic carbocycles. The molecule has 0 aliphatic heterocycles. The van der Waals surface area contributed by atoms with E-state index in [0.29, 0.717) is 22.1 Å². The molecule has 4 nitrogen and oxygen atoms in total. The molecule has 0 saturated heterocycles. The third-order valence-corrected chi connectivity index (χ3v) is 4.37. The van der Waals surface area contributed by atoms with Crippen molar-refractivity contribution in [2.75, 3.05) is 0 Å². The van der Waals surface area contributed by atoms with Crippen LogP contribution in [0.3, 0.4) is 0 Å². The van der Waals surface area contributed by atoms with Crippen LogP contribution in [-0.2, 0) is 0 Å². The average molecular weight is 324 g/mol. The number of pyridine rings is 2. The van der Waals surface area contributed by atoms with Gasteiger partial charge in [0, 0.05) is 22.5 Å². The van der Waals surface area contributed by atoms with Gasteiger partial charge in [0.25, 0.3) is 0 Å². The SMILES string of the molecule is O=c1oc2ccccc2c2nc3ncccc3c(-c3ccccc3)c12. The van der Waals surface area contributed by atoms with Crippen molar-refractivity contribution in [3.8, 4) is 11.1 Å². The maximum Gasteiger partial charge on any atom is 0.346 e. The van der Waals surface area contributed by atoms with E-state index < -0.39 is 0 Å². The molecule has 0 atom stereocenters. The fourth-order valence-corrected chi connectivity index (χ4v) is 3.30. The molecule has 0 amide bonds. The molecule has 5 aromatic rings. The van der Waals surface area contributed by atoms with Gasteiger partial charge in [-0.1, -0.05) is 42.5 Å². The maximum absolute atomic E-state index is 12.8. The number of rotatable bonds is 1. The highest BCUT2D eigenvalue weighted by Gasteiger charge is 2.17. The second-order valence-electron chi connectivity index (χ2n) is 5.84. The highest BCUT2D eigenvalue weighted by atomic mass is 16.4. The number of hydrogen-bond acceptors (Lipinski definition) is 4. The van der Waals surface area contributed by atoms with Gasteiger partial charge in [-0.05, 0) is 29.8 Å². The van der Waals surface area contributed by atoms with Crippen LogP contribution < -0.4 is 5.63 Å². The lowest BCUT2D eigenvalue weighted by molar-refractivity contribution is 0.569. The van der Waals surface area contributed by atoms with Gasteiger partial charge in [-0.2, -0.15) is 0 Å². The first-order chi connectivity index (χ1) is 12.3. The Hall–Kier alpha value is -3.53. The van der Waals surface area contributed by atoms with E-state index in [0.717, 1.165) is 21.9 Å². The third-order valence-electron chi connectivity index (χ3n) is 4.37. The lowest BCUT2D eigenvalue weighted by atomic mass is 9.97. The van der Waals surface area contributed by atoms with Crippen molar-refractivity contribution in [1.82, 2.24) is 9.97 Å². The summed E-state index contributed by atoms with van der Waals surface area (Å²) in [7, 11) is 0. The third kappa shape index (κ3) is 2.04. The lowest BCUT2D eigenvalue weighted by Gasteiger charge is -2.11. The Balaban J connectivity index is 2.12. The molecule has 25 heavy (non-hydrogen) atoms. The van der Waals surface area contributed by atoms with Crippen molar-refractivity contribution in [2.24, 2.45) is 0 Å². The maximum atomic E-state index is 12.8. The molecule has 3 heterocycles. The minimum absolute atomic E-state index is 0.384. The van der Waals surface area contributed by atoms with Crippen molar-refractivity contribution in [3.05, 3.63) is 83.3 Å². The molecule has 118 valence electrons. The Morgan fingerprint density at radius 2 is 1.56 bits per heavy atom. The number of benzene rings is 2. The molecule has 0 spiro atoms. The Kier molecular flexibility index (Phi) is 2.91. The van der Waals surface area contributed by atoms with Crippen molar-refractivity contribution in [3.63, 3.8) is 0 Å². The second kappa shape index (κ2) is 5.24. The zero-order chi connectivity index (χ0) is 16.8. The topological polar surface area (TPSA) is 56.0 Å². The highest BCUT2D eigenvalue weighted by molar-refractivity contribution is 6.14. The first-order valence-corrected chi connectivity index (χ1v) is 7.98. The van der Waals surface area contributed by atoms with Crippen LogP contribution in [0.2, 0.25) is 0 Å². The van der Waals surface area contributed by atoms with Gasteiger partial charge in [0.1, 0.15) is 5.58 Å². The van der Waals surface area contributed by atoms with Gasteiger partial charge in [-0.3, -0.25) is 0 Å². The van der Waals surface area contributed by atoms with Crippen LogP contribution >= 0.6 is 0 Å². The van der Waals surface area contributed by atoms with Crippen LogP contribution in [0.25, 0.3) is 44.0 Å². The summed E-state index contributed by atoms with van der Waals surface area (Å²) < 4.78 is 5.57. The summed E-state index contributed by atoms with van der Waals surface area (Å²) in [6.07, 6.45) is 1.71. The van der Waals surface area contributed by atoms with Crippen LogP contribution in [-0.4, -0.2) is 9.97 Å². The first-order valence-electron chi connectivity index (χ1n) is 7.98. The molecule has 2 aromatic carbocycles. The number of fused-ring (bicyclic) bond motifs is 4. The normalized spacial score (nSPS) is 11.4. The molecule has 0 radical (unpaired) electrons. The monoisotopic (exact) mass is 324 g/mol. The van der Waals surface area contributed by atoms with E-state index in [1.807, 2.05) is 60.7 Å². The van der Waals surface area contributed by atoms with Crippen molar-refractivity contribution in [2.45, 2.75) is 0 Å². The molecule has 0 fully saturated rings. The predicted molar refractivity (Wildman–Crippen MR) is 98.5 cm³/mol. The first kappa shape index (κ1) is 13.9. The lowest BCUT2D eigenvalue weighted by Crippen LogP contribution is -2.04. The van der Waals surface area contributed by atoms with E-state index in [2.05, 4.69) is 9.97 Å². The van der Waals surface area contributed by atoms with Gasteiger partial charge >= 0.3 is 5.63 Å². The molecule has 5 rings (SSSR count). The van der Waals surface area contributed by atoms with Crippen LogP contribution in [0.4, 0.5) is 0 Å². The number of nitrogens with zero attached hydrogens (tertiary/aromatic N) is 2. The summed E-state index contributed by atoms with van der Waals surface area (Å²) >= 11 is 0. The van der Waals surface area contributed by atoms with Gasteiger partial charge in [0.2, 0.25) is 0 Å². The standard InChI is InChI=1S/C21H12N2O2/c24-21-18-17(13-7-2-1-3-8-13)15-10-6-12-22-20(15)23-19(18)14-9-4-5-11-16(14)25-21/h1-12H.